The van der Waals surface area contributed by atoms with Gasteiger partial charge in [0.2, 0.25) is 0 Å². The highest BCUT2D eigenvalue weighted by atomic mass is 16.5. The van der Waals surface area contributed by atoms with Crippen molar-refractivity contribution >= 4 is 11.6 Å². The first-order valence-corrected chi connectivity index (χ1v) is 6.40. The monoisotopic (exact) mass is 273 g/mol. The predicted molar refractivity (Wildman–Crippen MR) is 72.7 cm³/mol. The van der Waals surface area contributed by atoms with E-state index in [-0.39, 0.29) is 11.7 Å². The summed E-state index contributed by atoms with van der Waals surface area (Å²) in [5.74, 6) is -0.104. The Kier molecular flexibility index (Phi) is 3.15. The molecule has 2 heterocycles. The molecule has 0 spiro atoms. The lowest BCUT2D eigenvalue weighted by atomic mass is 10.1. The minimum absolute atomic E-state index is 0.172. The van der Waals surface area contributed by atoms with Gasteiger partial charge in [0.15, 0.2) is 5.69 Å². The Morgan fingerprint density at radius 3 is 3.15 bits per heavy atom. The van der Waals surface area contributed by atoms with Crippen LogP contribution in [-0.2, 0) is 17.8 Å². The number of aryl methyl sites for hydroxylation is 1. The van der Waals surface area contributed by atoms with E-state index in [0.717, 1.165) is 23.2 Å². The molecule has 2 aromatic rings. The number of aromatic nitrogens is 2. The number of carbonyl (C=O) groups excluding carboxylic acids is 1. The van der Waals surface area contributed by atoms with E-state index in [1.54, 1.807) is 12.1 Å². The number of carbonyl (C=O) groups is 1. The predicted octanol–water partition coefficient (Wildman–Crippen LogP) is 1.75. The van der Waals surface area contributed by atoms with Gasteiger partial charge in [0.25, 0.3) is 5.91 Å². The zero-order valence-electron chi connectivity index (χ0n) is 11.1. The molecule has 0 unspecified atom stereocenters. The number of fused-ring (bicyclic) bond motifs is 1. The Balaban J connectivity index is 1.84. The van der Waals surface area contributed by atoms with Gasteiger partial charge in [-0.1, -0.05) is 0 Å². The molecule has 20 heavy (non-hydrogen) atoms. The lowest BCUT2D eigenvalue weighted by molar-refractivity contribution is 0.0985. The number of phenols is 1. The number of ether oxygens (including phenoxy) is 1. The number of hydrogen-bond acceptors (Lipinski definition) is 4. The summed E-state index contributed by atoms with van der Waals surface area (Å²) in [4.78, 5) is 12.3. The van der Waals surface area contributed by atoms with Crippen molar-refractivity contribution in [1.82, 2.24) is 10.2 Å². The molecule has 0 bridgehead atoms. The number of aromatic hydroxyl groups is 1. The third kappa shape index (κ3) is 2.25. The molecule has 104 valence electrons. The fourth-order valence-corrected chi connectivity index (χ4v) is 2.27. The number of rotatable bonds is 2. The van der Waals surface area contributed by atoms with Crippen LogP contribution in [0.4, 0.5) is 5.69 Å². The Morgan fingerprint density at radius 1 is 1.50 bits per heavy atom. The highest BCUT2D eigenvalue weighted by Crippen LogP contribution is 2.22. The Labute approximate surface area is 115 Å². The summed E-state index contributed by atoms with van der Waals surface area (Å²) in [6, 6.07) is 4.79. The Morgan fingerprint density at radius 2 is 2.35 bits per heavy atom. The molecule has 0 atom stereocenters. The van der Waals surface area contributed by atoms with E-state index in [0.29, 0.717) is 24.6 Å². The van der Waals surface area contributed by atoms with Gasteiger partial charge in [0.05, 0.1) is 13.2 Å². The van der Waals surface area contributed by atoms with Crippen LogP contribution < -0.4 is 5.32 Å². The fraction of sp³-hybridized carbons (Fsp3) is 0.286. The summed E-state index contributed by atoms with van der Waals surface area (Å²) < 4.78 is 5.36. The second kappa shape index (κ2) is 4.97. The minimum Gasteiger partial charge on any atom is -0.508 e. The Hall–Kier alpha value is -2.34. The number of H-pyrrole nitrogens is 1. The fourth-order valence-electron chi connectivity index (χ4n) is 2.27. The molecule has 1 aromatic carbocycles. The lowest BCUT2D eigenvalue weighted by Gasteiger charge is -2.12. The first-order valence-electron chi connectivity index (χ1n) is 6.40. The number of anilines is 1. The molecule has 0 radical (unpaired) electrons. The molecule has 0 fully saturated rings. The van der Waals surface area contributed by atoms with Crippen LogP contribution in [0.15, 0.2) is 18.2 Å². The third-order valence-electron chi connectivity index (χ3n) is 3.37. The van der Waals surface area contributed by atoms with Crippen molar-refractivity contribution in [3.63, 3.8) is 0 Å². The molecule has 3 N–H and O–H groups in total. The van der Waals surface area contributed by atoms with Gasteiger partial charge in [-0.25, -0.2) is 0 Å². The average Bonchev–Trinajstić information content (AvgIpc) is 2.86. The smallest absolute Gasteiger partial charge is 0.276 e. The molecule has 0 aliphatic carbocycles. The quantitative estimate of drug-likeness (QED) is 0.727. The van der Waals surface area contributed by atoms with Crippen LogP contribution in [0.2, 0.25) is 0 Å². The maximum absolute atomic E-state index is 12.3. The summed E-state index contributed by atoms with van der Waals surface area (Å²) in [6.07, 6.45) is 0.744. The molecule has 0 saturated carbocycles. The lowest BCUT2D eigenvalue weighted by Crippen LogP contribution is -2.17. The summed E-state index contributed by atoms with van der Waals surface area (Å²) in [5, 5.41) is 19.1. The van der Waals surface area contributed by atoms with Crippen LogP contribution in [0, 0.1) is 6.92 Å². The van der Waals surface area contributed by atoms with Crippen LogP contribution in [0.1, 0.15) is 27.3 Å². The van der Waals surface area contributed by atoms with Gasteiger partial charge in [-0.15, -0.1) is 0 Å². The summed E-state index contributed by atoms with van der Waals surface area (Å²) >= 11 is 0. The normalized spacial score (nSPS) is 13.8. The molecule has 6 nitrogen and oxygen atoms in total. The van der Waals surface area contributed by atoms with E-state index in [2.05, 4.69) is 15.5 Å². The van der Waals surface area contributed by atoms with Crippen molar-refractivity contribution in [3.8, 4) is 5.75 Å². The summed E-state index contributed by atoms with van der Waals surface area (Å²) in [5.41, 5.74) is 3.60. The molecular formula is C14H15N3O3. The second-order valence-corrected chi connectivity index (χ2v) is 4.79. The van der Waals surface area contributed by atoms with Crippen molar-refractivity contribution in [3.05, 3.63) is 40.7 Å². The van der Waals surface area contributed by atoms with Gasteiger partial charge in [-0.3, -0.25) is 9.89 Å². The van der Waals surface area contributed by atoms with E-state index >= 15 is 0 Å². The van der Waals surface area contributed by atoms with Crippen molar-refractivity contribution in [2.24, 2.45) is 0 Å². The van der Waals surface area contributed by atoms with E-state index in [4.69, 9.17) is 4.74 Å². The van der Waals surface area contributed by atoms with Gasteiger partial charge >= 0.3 is 0 Å². The number of hydrogen-bond donors (Lipinski definition) is 3. The first kappa shape index (κ1) is 12.7. The van der Waals surface area contributed by atoms with Crippen LogP contribution >= 0.6 is 0 Å². The number of nitrogens with one attached hydrogen (secondary N) is 2. The molecule has 1 aliphatic rings. The minimum atomic E-state index is -0.276. The highest BCUT2D eigenvalue weighted by Gasteiger charge is 2.22. The van der Waals surface area contributed by atoms with E-state index in [9.17, 15) is 9.90 Å². The molecule has 1 aromatic heterocycles. The van der Waals surface area contributed by atoms with E-state index in [1.165, 1.54) is 6.07 Å². The largest absolute Gasteiger partial charge is 0.508 e. The van der Waals surface area contributed by atoms with Crippen molar-refractivity contribution < 1.29 is 14.6 Å². The van der Waals surface area contributed by atoms with Crippen LogP contribution in [0.25, 0.3) is 0 Å². The highest BCUT2D eigenvalue weighted by molar-refractivity contribution is 6.04. The maximum Gasteiger partial charge on any atom is 0.276 e. The second-order valence-electron chi connectivity index (χ2n) is 4.79. The molecule has 1 amide bonds. The molecular weight excluding hydrogens is 258 g/mol. The SMILES string of the molecule is Cc1cc(O)ccc1NC(=O)c1n[nH]c2c1COCC2. The number of nitrogens with zero attached hydrogens (tertiary/aromatic N) is 1. The topological polar surface area (TPSA) is 87.2 Å². The molecule has 3 rings (SSSR count). The van der Waals surface area contributed by atoms with Crippen LogP contribution in [0.3, 0.4) is 0 Å². The number of aromatic amines is 1. The first-order chi connectivity index (χ1) is 9.65. The van der Waals surface area contributed by atoms with Crippen molar-refractivity contribution in [1.29, 1.82) is 0 Å². The number of amides is 1. The zero-order chi connectivity index (χ0) is 14.1. The number of benzene rings is 1. The van der Waals surface area contributed by atoms with Crippen molar-refractivity contribution in [2.45, 2.75) is 20.0 Å². The van der Waals surface area contributed by atoms with Gasteiger partial charge in [0.1, 0.15) is 5.75 Å². The van der Waals surface area contributed by atoms with E-state index < -0.39 is 0 Å². The molecule has 6 heteroatoms. The summed E-state index contributed by atoms with van der Waals surface area (Å²) in [6.45, 7) is 2.87. The summed E-state index contributed by atoms with van der Waals surface area (Å²) in [7, 11) is 0. The van der Waals surface area contributed by atoms with Gasteiger partial charge in [-0.05, 0) is 30.7 Å². The molecule has 1 aliphatic heterocycles. The van der Waals surface area contributed by atoms with Crippen molar-refractivity contribution in [2.75, 3.05) is 11.9 Å². The molecule has 0 saturated heterocycles. The maximum atomic E-state index is 12.3. The number of phenolic OH excluding ortho intramolecular Hbond substituents is 1. The van der Waals surface area contributed by atoms with Gasteiger partial charge in [0, 0.05) is 23.4 Å². The van der Waals surface area contributed by atoms with E-state index in [1.807, 2.05) is 6.92 Å². The van der Waals surface area contributed by atoms with Crippen LogP contribution in [-0.4, -0.2) is 27.8 Å². The standard InChI is InChI=1S/C14H15N3O3/c1-8-6-9(18)2-3-11(8)15-14(19)13-10-7-20-5-4-12(10)16-17-13/h2-3,6,18H,4-5,7H2,1H3,(H,15,19)(H,16,17). The third-order valence-corrected chi connectivity index (χ3v) is 3.37. The average molecular weight is 273 g/mol. The van der Waals surface area contributed by atoms with Gasteiger partial charge < -0.3 is 15.2 Å². The Bertz CT molecular complexity index is 664. The van der Waals surface area contributed by atoms with Crippen LogP contribution in [0.5, 0.6) is 5.75 Å². The van der Waals surface area contributed by atoms with Gasteiger partial charge in [-0.2, -0.15) is 5.10 Å². The zero-order valence-corrected chi connectivity index (χ0v) is 11.1.